The summed E-state index contributed by atoms with van der Waals surface area (Å²) in [6.45, 7) is 4.87. The Morgan fingerprint density at radius 3 is 2.86 bits per heavy atom. The standard InChI is InChI=1S/C37H40ClF2N7O4/c1-20(48)47-27-9-26(38)28-23-8-21(23)14-50-19-37(49)15-35(16-37)4-2-6-45(17-35)33-25-11-41-32(29(28)24(27)12-42-47)30(40)31(25)43-34(44-33)51-18-36-5-3-7-46(36)13-22(39)10-36/h9,11-12,21-23,49H,2-8,10,13-19H2,1H3/t21-,22+,23-,35?,36-,37?/m0/s1. The Morgan fingerprint density at radius 1 is 1.18 bits per heavy atom. The van der Waals surface area contributed by atoms with Gasteiger partial charge in [-0.3, -0.25) is 14.7 Å². The van der Waals surface area contributed by atoms with Crippen LogP contribution in [0.15, 0.2) is 18.5 Å². The number of aromatic nitrogens is 5. The van der Waals surface area contributed by atoms with Crippen molar-refractivity contribution in [2.75, 3.05) is 50.9 Å². The zero-order chi connectivity index (χ0) is 34.9. The number of pyridine rings is 1. The fourth-order valence-corrected chi connectivity index (χ4v) is 10.8. The van der Waals surface area contributed by atoms with Crippen molar-refractivity contribution in [1.82, 2.24) is 29.6 Å². The van der Waals surface area contributed by atoms with Gasteiger partial charge < -0.3 is 19.5 Å². The van der Waals surface area contributed by atoms with Crippen LogP contribution in [0.5, 0.6) is 6.01 Å². The van der Waals surface area contributed by atoms with Crippen molar-refractivity contribution >= 4 is 45.1 Å². The first-order valence-corrected chi connectivity index (χ1v) is 18.6. The number of ether oxygens (including phenoxy) is 2. The number of alkyl halides is 1. The molecule has 7 bridgehead atoms. The molecule has 9 heterocycles. The Kier molecular flexibility index (Phi) is 7.09. The van der Waals surface area contributed by atoms with Gasteiger partial charge in [-0.1, -0.05) is 11.6 Å². The van der Waals surface area contributed by atoms with Crippen LogP contribution >= 0.6 is 11.6 Å². The van der Waals surface area contributed by atoms with Crippen molar-refractivity contribution in [3.63, 3.8) is 0 Å². The molecule has 8 aliphatic rings. The maximum atomic E-state index is 17.4. The second kappa shape index (κ2) is 11.2. The summed E-state index contributed by atoms with van der Waals surface area (Å²) in [6, 6.07) is 1.76. The Morgan fingerprint density at radius 2 is 2.02 bits per heavy atom. The van der Waals surface area contributed by atoms with E-state index in [0.717, 1.165) is 44.2 Å². The topological polar surface area (TPSA) is 119 Å². The van der Waals surface area contributed by atoms with Crippen LogP contribution in [0.2, 0.25) is 5.02 Å². The van der Waals surface area contributed by atoms with Crippen molar-refractivity contribution in [2.45, 2.75) is 81.5 Å². The van der Waals surface area contributed by atoms with Crippen LogP contribution in [0.3, 0.4) is 0 Å². The second-order valence-electron chi connectivity index (χ2n) is 16.3. The van der Waals surface area contributed by atoms with Gasteiger partial charge in [0.15, 0.2) is 5.82 Å². The monoisotopic (exact) mass is 719 g/mol. The number of hydrogen-bond donors (Lipinski definition) is 1. The fourth-order valence-electron chi connectivity index (χ4n) is 10.5. The SMILES string of the molecule is CC(=O)n1ncc2c3c(c(Cl)cc21)[C@H]1C[C@H]1COCC1(O)CC2(CCCN(C2)c2nc(OC[C@@]45CCCN4C[C@H](F)C5)nc4c(F)c-3ncc24)C1. The number of nitrogens with zero attached hydrogens (tertiary/aromatic N) is 7. The molecule has 0 amide bonds. The molecule has 6 aliphatic heterocycles. The van der Waals surface area contributed by atoms with Gasteiger partial charge in [-0.05, 0) is 80.4 Å². The van der Waals surface area contributed by atoms with E-state index in [1.54, 1.807) is 18.5 Å². The predicted octanol–water partition coefficient (Wildman–Crippen LogP) is 5.69. The molecular formula is C37H40ClF2N7O4. The third-order valence-electron chi connectivity index (χ3n) is 12.6. The highest BCUT2D eigenvalue weighted by Crippen LogP contribution is 2.57. The lowest BCUT2D eigenvalue weighted by Crippen LogP contribution is -2.60. The maximum absolute atomic E-state index is 17.4. The van der Waals surface area contributed by atoms with E-state index in [-0.39, 0.29) is 53.6 Å². The molecule has 4 atom stereocenters. The van der Waals surface area contributed by atoms with Gasteiger partial charge >= 0.3 is 6.01 Å². The molecule has 1 spiro atoms. The minimum Gasteiger partial charge on any atom is -0.461 e. The summed E-state index contributed by atoms with van der Waals surface area (Å²) in [5, 5.41) is 17.3. The van der Waals surface area contributed by atoms with Crippen molar-refractivity contribution in [2.24, 2.45) is 11.3 Å². The van der Waals surface area contributed by atoms with Crippen molar-refractivity contribution in [1.29, 1.82) is 0 Å². The number of anilines is 1. The number of carbonyl (C=O) groups is 1. The fraction of sp³-hybridized carbons (Fsp3) is 0.595. The maximum Gasteiger partial charge on any atom is 0.319 e. The largest absolute Gasteiger partial charge is 0.461 e. The minimum absolute atomic E-state index is 0.0382. The highest BCUT2D eigenvalue weighted by molar-refractivity contribution is 6.33. The first kappa shape index (κ1) is 32.2. The summed E-state index contributed by atoms with van der Waals surface area (Å²) in [4.78, 5) is 31.3. The van der Waals surface area contributed by atoms with Gasteiger partial charge in [-0.2, -0.15) is 15.1 Å². The summed E-state index contributed by atoms with van der Waals surface area (Å²) in [6.07, 6.45) is 8.32. The summed E-state index contributed by atoms with van der Waals surface area (Å²) in [5.74, 6) is -0.342. The molecule has 1 N–H and O–H groups in total. The molecule has 268 valence electrons. The highest BCUT2D eigenvalue weighted by Gasteiger charge is 2.56. The number of halogens is 3. The quantitative estimate of drug-likeness (QED) is 0.283. The summed E-state index contributed by atoms with van der Waals surface area (Å²) < 4.78 is 45.9. The van der Waals surface area contributed by atoms with Crippen LogP contribution in [0, 0.1) is 17.2 Å². The summed E-state index contributed by atoms with van der Waals surface area (Å²) in [7, 11) is 0. The van der Waals surface area contributed by atoms with E-state index in [1.807, 2.05) is 0 Å². The van der Waals surface area contributed by atoms with E-state index in [4.69, 9.17) is 36.0 Å². The van der Waals surface area contributed by atoms with Gasteiger partial charge in [-0.25, -0.2) is 13.5 Å². The third kappa shape index (κ3) is 5.01. The number of hydrogen-bond acceptors (Lipinski definition) is 10. The van der Waals surface area contributed by atoms with E-state index in [9.17, 15) is 14.3 Å². The van der Waals surface area contributed by atoms with Gasteiger partial charge in [0.2, 0.25) is 5.91 Å². The molecule has 51 heavy (non-hydrogen) atoms. The van der Waals surface area contributed by atoms with E-state index >= 15 is 4.39 Å². The molecule has 3 saturated heterocycles. The molecule has 12 rings (SSSR count). The number of carbonyl (C=O) groups excluding carboxylic acids is 1. The molecule has 11 nitrogen and oxygen atoms in total. The van der Waals surface area contributed by atoms with Crippen molar-refractivity contribution < 1.29 is 28.2 Å². The minimum atomic E-state index is -0.915. The number of rotatable bonds is 3. The van der Waals surface area contributed by atoms with Crippen LogP contribution in [0.4, 0.5) is 14.6 Å². The molecular weight excluding hydrogens is 680 g/mol. The molecule has 0 unspecified atom stereocenters. The van der Waals surface area contributed by atoms with Gasteiger partial charge in [0.1, 0.15) is 29.8 Å². The zero-order valence-corrected chi connectivity index (χ0v) is 29.3. The van der Waals surface area contributed by atoms with Gasteiger partial charge in [0, 0.05) is 55.1 Å². The molecule has 14 heteroatoms. The highest BCUT2D eigenvalue weighted by atomic mass is 35.5. The molecule has 5 fully saturated rings. The first-order valence-electron chi connectivity index (χ1n) is 18.2. The van der Waals surface area contributed by atoms with Crippen LogP contribution in [-0.2, 0) is 4.74 Å². The van der Waals surface area contributed by atoms with Crippen molar-refractivity contribution in [3.05, 3.63) is 34.9 Å². The Balaban J connectivity index is 1.16. The first-order chi connectivity index (χ1) is 24.5. The van der Waals surface area contributed by atoms with Crippen LogP contribution in [-0.4, -0.2) is 104 Å². The summed E-state index contributed by atoms with van der Waals surface area (Å²) >= 11 is 7.03. The lowest BCUT2D eigenvalue weighted by molar-refractivity contribution is -0.168. The average molecular weight is 720 g/mol. The van der Waals surface area contributed by atoms with Crippen LogP contribution in [0.25, 0.3) is 33.1 Å². The van der Waals surface area contributed by atoms with E-state index in [0.29, 0.717) is 78.2 Å². The number of benzene rings is 1. The Hall–Kier alpha value is -3.52. The second-order valence-corrected chi connectivity index (χ2v) is 16.7. The van der Waals surface area contributed by atoms with Crippen LogP contribution in [0.1, 0.15) is 74.6 Å². The average Bonchev–Trinajstić information content (AvgIpc) is 3.36. The van der Waals surface area contributed by atoms with Crippen molar-refractivity contribution in [3.8, 4) is 17.3 Å². The normalized spacial score (nSPS) is 32.9. The van der Waals surface area contributed by atoms with E-state index in [1.165, 1.54) is 11.6 Å². The summed E-state index contributed by atoms with van der Waals surface area (Å²) in [5.41, 5.74) is 0.331. The number of fused-ring (bicyclic) bond motifs is 2. The lowest BCUT2D eigenvalue weighted by atomic mass is 9.56. The predicted molar refractivity (Wildman–Crippen MR) is 186 cm³/mol. The van der Waals surface area contributed by atoms with Gasteiger partial charge in [0.05, 0.1) is 41.5 Å². The zero-order valence-electron chi connectivity index (χ0n) is 28.5. The van der Waals surface area contributed by atoms with E-state index in [2.05, 4.69) is 14.9 Å². The van der Waals surface area contributed by atoms with Crippen LogP contribution < -0.4 is 9.64 Å². The molecule has 2 aliphatic carbocycles. The number of piperidine rings is 1. The Bertz CT molecular complexity index is 2120. The number of aliphatic hydroxyl groups is 1. The molecule has 2 saturated carbocycles. The molecule has 1 aromatic carbocycles. The molecule has 0 radical (unpaired) electrons. The van der Waals surface area contributed by atoms with Gasteiger partial charge in [-0.15, -0.1) is 0 Å². The Labute approximate surface area is 298 Å². The lowest BCUT2D eigenvalue weighted by Gasteiger charge is -2.57. The van der Waals surface area contributed by atoms with E-state index < -0.39 is 23.1 Å². The molecule has 4 aromatic rings. The molecule has 3 aromatic heterocycles. The smallest absolute Gasteiger partial charge is 0.319 e. The third-order valence-corrected chi connectivity index (χ3v) is 13.0. The van der Waals surface area contributed by atoms with Gasteiger partial charge in [0.25, 0.3) is 0 Å².